The number of hydrogen-bond acceptors (Lipinski definition) is 6. The standard InChI is InChI=1S/C33H35F2N3O4/c34-24-6-8-25(9-7-24)42-27-11-13-31-29(17-27)33(40)38(21-23-5-2-14-37(20-23)19-22-3-1-4-22)32(36-31)28-12-10-26(18-30(28)35)41-16-15-39/h6-13,17-18,22-23,39H,1-5,14-16,19-21H2. The van der Waals surface area contributed by atoms with E-state index in [2.05, 4.69) is 4.90 Å². The first-order valence-corrected chi connectivity index (χ1v) is 14.7. The Bertz CT molecular complexity index is 1600. The van der Waals surface area contributed by atoms with Crippen LogP contribution in [0, 0.1) is 23.5 Å². The minimum absolute atomic E-state index is 0.0546. The molecule has 220 valence electrons. The van der Waals surface area contributed by atoms with Gasteiger partial charge in [0.05, 0.1) is 23.1 Å². The van der Waals surface area contributed by atoms with Gasteiger partial charge >= 0.3 is 0 Å². The Kier molecular flexibility index (Phi) is 8.48. The Morgan fingerprint density at radius 2 is 1.64 bits per heavy atom. The second-order valence-corrected chi connectivity index (χ2v) is 11.4. The molecule has 1 unspecified atom stereocenters. The van der Waals surface area contributed by atoms with Crippen molar-refractivity contribution in [3.8, 4) is 28.6 Å². The van der Waals surface area contributed by atoms with Crippen LogP contribution in [-0.4, -0.2) is 52.4 Å². The molecule has 1 saturated carbocycles. The van der Waals surface area contributed by atoms with Crippen molar-refractivity contribution in [3.05, 3.63) is 82.7 Å². The first-order valence-electron chi connectivity index (χ1n) is 14.7. The average molecular weight is 576 g/mol. The van der Waals surface area contributed by atoms with E-state index in [4.69, 9.17) is 19.6 Å². The molecule has 0 radical (unpaired) electrons. The number of fused-ring (bicyclic) bond motifs is 1. The highest BCUT2D eigenvalue weighted by atomic mass is 19.1. The van der Waals surface area contributed by atoms with Gasteiger partial charge in [0.2, 0.25) is 0 Å². The molecule has 1 saturated heterocycles. The van der Waals surface area contributed by atoms with Gasteiger partial charge in [-0.15, -0.1) is 0 Å². The van der Waals surface area contributed by atoms with Crippen molar-refractivity contribution in [2.45, 2.75) is 38.6 Å². The third-order valence-electron chi connectivity index (χ3n) is 8.30. The molecule has 3 aromatic carbocycles. The molecule has 2 fully saturated rings. The van der Waals surface area contributed by atoms with E-state index in [0.29, 0.717) is 34.7 Å². The number of ether oxygens (including phenoxy) is 2. The van der Waals surface area contributed by atoms with Crippen LogP contribution >= 0.6 is 0 Å². The lowest BCUT2D eigenvalue weighted by Gasteiger charge is -2.37. The average Bonchev–Trinajstić information content (AvgIpc) is 2.97. The van der Waals surface area contributed by atoms with Crippen molar-refractivity contribution in [2.24, 2.45) is 11.8 Å². The fourth-order valence-corrected chi connectivity index (χ4v) is 5.97. The zero-order valence-electron chi connectivity index (χ0n) is 23.5. The minimum Gasteiger partial charge on any atom is -0.491 e. The summed E-state index contributed by atoms with van der Waals surface area (Å²) in [6, 6.07) is 15.1. The van der Waals surface area contributed by atoms with E-state index in [1.807, 2.05) is 0 Å². The smallest absolute Gasteiger partial charge is 0.261 e. The summed E-state index contributed by atoms with van der Waals surface area (Å²) < 4.78 is 41.7. The van der Waals surface area contributed by atoms with Crippen molar-refractivity contribution in [1.82, 2.24) is 14.5 Å². The Labute approximate surface area is 243 Å². The minimum atomic E-state index is -0.558. The number of hydrogen-bond donors (Lipinski definition) is 1. The number of aromatic nitrogens is 2. The number of likely N-dealkylation sites (tertiary alicyclic amines) is 1. The number of aliphatic hydroxyl groups is 1. The van der Waals surface area contributed by atoms with Crippen molar-refractivity contribution in [1.29, 1.82) is 0 Å². The van der Waals surface area contributed by atoms with Gasteiger partial charge in [0.25, 0.3) is 5.56 Å². The predicted molar refractivity (Wildman–Crippen MR) is 157 cm³/mol. The summed E-state index contributed by atoms with van der Waals surface area (Å²) >= 11 is 0. The summed E-state index contributed by atoms with van der Waals surface area (Å²) in [5.41, 5.74) is 0.364. The van der Waals surface area contributed by atoms with Gasteiger partial charge in [-0.2, -0.15) is 0 Å². The topological polar surface area (TPSA) is 76.8 Å². The summed E-state index contributed by atoms with van der Waals surface area (Å²) in [5, 5.41) is 9.42. The number of piperidine rings is 1. The zero-order valence-corrected chi connectivity index (χ0v) is 23.5. The Morgan fingerprint density at radius 1 is 0.881 bits per heavy atom. The van der Waals surface area contributed by atoms with Gasteiger partial charge in [-0.25, -0.2) is 13.8 Å². The summed E-state index contributed by atoms with van der Waals surface area (Å²) in [6.07, 6.45) is 5.93. The lowest BCUT2D eigenvalue weighted by Crippen LogP contribution is -2.42. The van der Waals surface area contributed by atoms with Crippen LogP contribution < -0.4 is 15.0 Å². The van der Waals surface area contributed by atoms with Crippen LogP contribution in [0.3, 0.4) is 0 Å². The molecule has 0 spiro atoms. The lowest BCUT2D eigenvalue weighted by molar-refractivity contribution is 0.117. The summed E-state index contributed by atoms with van der Waals surface area (Å²) in [5.74, 6) is 1.50. The molecule has 1 N–H and O–H groups in total. The molecule has 0 amide bonds. The largest absolute Gasteiger partial charge is 0.491 e. The van der Waals surface area contributed by atoms with Gasteiger partial charge in [-0.3, -0.25) is 9.36 Å². The number of aliphatic hydroxyl groups excluding tert-OH is 1. The fourth-order valence-electron chi connectivity index (χ4n) is 5.97. The van der Waals surface area contributed by atoms with Gasteiger partial charge in [0, 0.05) is 25.7 Å². The maximum Gasteiger partial charge on any atom is 0.261 e. The number of halogens is 2. The van der Waals surface area contributed by atoms with Gasteiger partial charge < -0.3 is 19.5 Å². The quantitative estimate of drug-likeness (QED) is 0.249. The molecule has 7 nitrogen and oxygen atoms in total. The molecule has 4 aromatic rings. The third kappa shape index (κ3) is 6.32. The van der Waals surface area contributed by atoms with Crippen LogP contribution in [0.25, 0.3) is 22.3 Å². The molecule has 1 atom stereocenters. The number of nitrogens with zero attached hydrogens (tertiary/aromatic N) is 3. The van der Waals surface area contributed by atoms with E-state index in [0.717, 1.165) is 38.4 Å². The Balaban J connectivity index is 1.37. The van der Waals surface area contributed by atoms with Crippen LogP contribution in [-0.2, 0) is 6.54 Å². The highest BCUT2D eigenvalue weighted by molar-refractivity contribution is 5.81. The first-order chi connectivity index (χ1) is 20.5. The second kappa shape index (κ2) is 12.6. The molecule has 2 aliphatic rings. The summed E-state index contributed by atoms with van der Waals surface area (Å²) in [6.45, 7) is 3.36. The molecule has 2 heterocycles. The Morgan fingerprint density at radius 3 is 2.38 bits per heavy atom. The molecule has 9 heteroatoms. The van der Waals surface area contributed by atoms with E-state index >= 15 is 4.39 Å². The van der Waals surface area contributed by atoms with Gasteiger partial charge in [0.15, 0.2) is 0 Å². The molecule has 1 aliphatic carbocycles. The fraction of sp³-hybridized carbons (Fsp3) is 0.394. The highest BCUT2D eigenvalue weighted by Crippen LogP contribution is 2.31. The zero-order chi connectivity index (χ0) is 29.1. The van der Waals surface area contributed by atoms with Crippen molar-refractivity contribution < 1.29 is 23.4 Å². The van der Waals surface area contributed by atoms with Crippen LogP contribution in [0.2, 0.25) is 0 Å². The Hall–Kier alpha value is -3.82. The monoisotopic (exact) mass is 575 g/mol. The molecule has 42 heavy (non-hydrogen) atoms. The summed E-state index contributed by atoms with van der Waals surface area (Å²) in [4.78, 5) is 21.4. The van der Waals surface area contributed by atoms with Crippen LogP contribution in [0.1, 0.15) is 32.1 Å². The third-order valence-corrected chi connectivity index (χ3v) is 8.30. The molecule has 1 aliphatic heterocycles. The normalized spacial score (nSPS) is 17.7. The van der Waals surface area contributed by atoms with Gasteiger partial charge in [0.1, 0.15) is 41.3 Å². The van der Waals surface area contributed by atoms with Gasteiger partial charge in [-0.1, -0.05) is 6.42 Å². The number of benzene rings is 3. The SMILES string of the molecule is O=c1c2cc(Oc3ccc(F)cc3)ccc2nc(-c2ccc(OCCO)cc2F)n1CC1CCCN(CC2CCC2)C1. The van der Waals surface area contributed by atoms with Crippen LogP contribution in [0.15, 0.2) is 65.5 Å². The van der Waals surface area contributed by atoms with Crippen LogP contribution in [0.5, 0.6) is 17.2 Å². The maximum absolute atomic E-state index is 15.5. The maximum atomic E-state index is 15.5. The van der Waals surface area contributed by atoms with E-state index in [-0.39, 0.29) is 41.9 Å². The van der Waals surface area contributed by atoms with E-state index in [9.17, 15) is 9.18 Å². The molecule has 1 aromatic heterocycles. The van der Waals surface area contributed by atoms with E-state index < -0.39 is 5.82 Å². The van der Waals surface area contributed by atoms with Crippen molar-refractivity contribution in [2.75, 3.05) is 32.8 Å². The second-order valence-electron chi connectivity index (χ2n) is 11.4. The van der Waals surface area contributed by atoms with Gasteiger partial charge in [-0.05, 0) is 98.7 Å². The molecule has 0 bridgehead atoms. The van der Waals surface area contributed by atoms with Crippen molar-refractivity contribution >= 4 is 10.9 Å². The van der Waals surface area contributed by atoms with E-state index in [1.54, 1.807) is 34.9 Å². The van der Waals surface area contributed by atoms with Crippen LogP contribution in [0.4, 0.5) is 8.78 Å². The summed E-state index contributed by atoms with van der Waals surface area (Å²) in [7, 11) is 0. The predicted octanol–water partition coefficient (Wildman–Crippen LogP) is 6.02. The lowest BCUT2D eigenvalue weighted by atomic mass is 9.84. The van der Waals surface area contributed by atoms with Crippen molar-refractivity contribution in [3.63, 3.8) is 0 Å². The molecule has 6 rings (SSSR count). The molecular weight excluding hydrogens is 540 g/mol. The van der Waals surface area contributed by atoms with E-state index in [1.165, 1.54) is 49.6 Å². The highest BCUT2D eigenvalue weighted by Gasteiger charge is 2.27. The first kappa shape index (κ1) is 28.3. The number of rotatable bonds is 10. The molecular formula is C33H35F2N3O4.